The predicted octanol–water partition coefficient (Wildman–Crippen LogP) is 9.75. The van der Waals surface area contributed by atoms with Crippen molar-refractivity contribution in [2.24, 2.45) is 0 Å². The van der Waals surface area contributed by atoms with Gasteiger partial charge in [0.05, 0.1) is 22.5 Å². The number of fused-ring (bicyclic) bond motifs is 6. The molecule has 0 bridgehead atoms. The lowest BCUT2D eigenvalue weighted by Crippen LogP contribution is -2.21. The number of oxazole rings is 2. The lowest BCUT2D eigenvalue weighted by molar-refractivity contribution is 0.445. The number of para-hydroxylation sites is 5. The van der Waals surface area contributed by atoms with E-state index in [0.29, 0.717) is 40.4 Å². The smallest absolute Gasteiger partial charge is 0.231 e. The van der Waals surface area contributed by atoms with Gasteiger partial charge < -0.3 is 18.3 Å². The molecule has 0 spiro atoms. The maximum absolute atomic E-state index is 6.61. The molecule has 9 rings (SSSR count). The number of rotatable bonds is 2. The number of anilines is 3. The van der Waals surface area contributed by atoms with Crippen molar-refractivity contribution in [1.82, 2.24) is 9.97 Å². The summed E-state index contributed by atoms with van der Waals surface area (Å²) in [4.78, 5) is 11.6. The Morgan fingerprint density at radius 2 is 1.25 bits per heavy atom. The van der Waals surface area contributed by atoms with Crippen molar-refractivity contribution in [2.75, 3.05) is 4.90 Å². The monoisotopic (exact) mass is 585 g/mol. The zero-order chi connectivity index (χ0) is 26.4. The van der Waals surface area contributed by atoms with Crippen molar-refractivity contribution in [2.45, 2.75) is 0 Å². The van der Waals surface area contributed by atoms with Crippen molar-refractivity contribution in [1.29, 1.82) is 0 Å². The minimum atomic E-state index is 0.475. The molecule has 0 unspecified atom stereocenters. The second kappa shape index (κ2) is 7.97. The van der Waals surface area contributed by atoms with Crippen molar-refractivity contribution in [3.8, 4) is 45.9 Å². The molecule has 2 aliphatic heterocycles. The molecular weight excluding hydrogens is 570 g/mol. The zero-order valence-electron chi connectivity index (χ0n) is 20.6. The second-order valence-corrected chi connectivity index (χ2v) is 10.5. The summed E-state index contributed by atoms with van der Waals surface area (Å²) < 4.78 is 26.4. The summed E-state index contributed by atoms with van der Waals surface area (Å²) in [6.45, 7) is 0. The van der Waals surface area contributed by atoms with Crippen LogP contribution in [0.4, 0.5) is 17.1 Å². The Balaban J connectivity index is 1.29. The molecule has 0 amide bonds. The summed E-state index contributed by atoms with van der Waals surface area (Å²) in [5, 5.41) is 0. The topological polar surface area (TPSA) is 73.8 Å². The van der Waals surface area contributed by atoms with Crippen LogP contribution in [0.2, 0.25) is 0 Å². The van der Waals surface area contributed by atoms with E-state index in [2.05, 4.69) is 20.8 Å². The van der Waals surface area contributed by atoms with Crippen LogP contribution >= 0.6 is 15.9 Å². The van der Waals surface area contributed by atoms with Crippen LogP contribution in [0.5, 0.6) is 23.0 Å². The fourth-order valence-electron chi connectivity index (χ4n) is 5.42. The number of halogens is 1. The van der Waals surface area contributed by atoms with E-state index >= 15 is 0 Å². The highest BCUT2D eigenvalue weighted by Gasteiger charge is 2.38. The van der Waals surface area contributed by atoms with E-state index in [1.807, 2.05) is 97.1 Å². The zero-order valence-corrected chi connectivity index (χ0v) is 22.2. The van der Waals surface area contributed by atoms with Gasteiger partial charge in [0.25, 0.3) is 0 Å². The molecule has 0 saturated carbocycles. The molecule has 0 saturated heterocycles. The highest BCUT2D eigenvalue weighted by molar-refractivity contribution is 9.10. The van der Waals surface area contributed by atoms with Crippen LogP contribution in [-0.2, 0) is 0 Å². The molecule has 0 N–H and O–H groups in total. The molecule has 4 heterocycles. The third-order valence-electron chi connectivity index (χ3n) is 7.19. The molecule has 0 fully saturated rings. The summed E-state index contributed by atoms with van der Waals surface area (Å²) in [6.07, 6.45) is 0. The van der Waals surface area contributed by atoms with Crippen LogP contribution in [0, 0.1) is 0 Å². The fourth-order valence-corrected chi connectivity index (χ4v) is 5.76. The van der Waals surface area contributed by atoms with Crippen LogP contribution in [0.1, 0.15) is 0 Å². The normalized spacial score (nSPS) is 13.0. The van der Waals surface area contributed by atoms with E-state index in [1.54, 1.807) is 0 Å². The second-order valence-electron chi connectivity index (χ2n) is 9.57. The van der Waals surface area contributed by atoms with Crippen molar-refractivity contribution >= 4 is 55.2 Å². The third kappa shape index (κ3) is 3.05. The van der Waals surface area contributed by atoms with Crippen LogP contribution in [0.25, 0.3) is 45.1 Å². The van der Waals surface area contributed by atoms with Gasteiger partial charge in [-0.25, -0.2) is 9.97 Å². The molecule has 190 valence electrons. The SMILES string of the molecule is Brc1ccc2c(c1)Oc1c(-c3nc4ccccc4o3)ccc3c1N2c1cccc(-c2nc4ccccc4o2)c1O3. The Morgan fingerprint density at radius 3 is 1.98 bits per heavy atom. The summed E-state index contributed by atoms with van der Waals surface area (Å²) in [5.74, 6) is 3.55. The van der Waals surface area contributed by atoms with Crippen molar-refractivity contribution < 1.29 is 18.3 Å². The lowest BCUT2D eigenvalue weighted by Gasteiger charge is -2.38. The van der Waals surface area contributed by atoms with E-state index in [0.717, 1.165) is 49.3 Å². The predicted molar refractivity (Wildman–Crippen MR) is 155 cm³/mol. The first-order chi connectivity index (χ1) is 19.7. The first-order valence-electron chi connectivity index (χ1n) is 12.7. The molecule has 0 radical (unpaired) electrons. The highest BCUT2D eigenvalue weighted by Crippen LogP contribution is 2.63. The third-order valence-corrected chi connectivity index (χ3v) is 7.68. The van der Waals surface area contributed by atoms with E-state index in [9.17, 15) is 0 Å². The van der Waals surface area contributed by atoms with Crippen LogP contribution < -0.4 is 14.4 Å². The van der Waals surface area contributed by atoms with Gasteiger partial charge in [-0.15, -0.1) is 0 Å². The number of hydrogen-bond acceptors (Lipinski definition) is 7. The standard InChI is InChI=1S/C32H16BrN3O4/c33-17-12-14-22-27(16-17)38-30-19(32-35-21-8-2-4-11-25(21)40-32)13-15-26-28(30)36(22)23-9-5-6-18(29(23)37-26)31-34-20-7-1-3-10-24(20)39-31/h1-16H. The van der Waals surface area contributed by atoms with Gasteiger partial charge in [0.1, 0.15) is 16.7 Å². The first-order valence-corrected chi connectivity index (χ1v) is 13.5. The quantitative estimate of drug-likeness (QED) is 0.200. The van der Waals surface area contributed by atoms with E-state index in [4.69, 9.17) is 28.3 Å². The average Bonchev–Trinajstić information content (AvgIpc) is 3.61. The van der Waals surface area contributed by atoms with Gasteiger partial charge in [-0.05, 0) is 66.7 Å². The molecule has 5 aromatic carbocycles. The number of hydrogen-bond donors (Lipinski definition) is 0. The van der Waals surface area contributed by atoms with Gasteiger partial charge >= 0.3 is 0 Å². The molecule has 2 aromatic heterocycles. The largest absolute Gasteiger partial charge is 0.452 e. The van der Waals surface area contributed by atoms with Crippen LogP contribution in [0.3, 0.4) is 0 Å². The Bertz CT molecular complexity index is 2100. The summed E-state index contributed by atoms with van der Waals surface area (Å²) in [5.41, 5.74) is 6.99. The Kier molecular flexibility index (Phi) is 4.34. The summed E-state index contributed by atoms with van der Waals surface area (Å²) in [7, 11) is 0. The number of ether oxygens (including phenoxy) is 2. The van der Waals surface area contributed by atoms with Crippen molar-refractivity contribution in [3.05, 3.63) is 102 Å². The Morgan fingerprint density at radius 1 is 0.575 bits per heavy atom. The lowest BCUT2D eigenvalue weighted by atomic mass is 10.0. The van der Waals surface area contributed by atoms with Crippen LogP contribution in [-0.4, -0.2) is 9.97 Å². The molecule has 40 heavy (non-hydrogen) atoms. The van der Waals surface area contributed by atoms with Gasteiger partial charge in [0, 0.05) is 4.47 Å². The van der Waals surface area contributed by atoms with E-state index < -0.39 is 0 Å². The first kappa shape index (κ1) is 21.8. The van der Waals surface area contributed by atoms with Gasteiger partial charge in [-0.2, -0.15) is 0 Å². The van der Waals surface area contributed by atoms with Gasteiger partial charge in [0.2, 0.25) is 11.8 Å². The van der Waals surface area contributed by atoms with Gasteiger partial charge in [0.15, 0.2) is 34.2 Å². The van der Waals surface area contributed by atoms with Crippen LogP contribution in [0.15, 0.2) is 110 Å². The number of aromatic nitrogens is 2. The minimum Gasteiger partial charge on any atom is -0.452 e. The number of benzene rings is 5. The summed E-state index contributed by atoms with van der Waals surface area (Å²) in [6, 6.07) is 31.2. The highest BCUT2D eigenvalue weighted by atomic mass is 79.9. The molecule has 0 atom stereocenters. The fraction of sp³-hybridized carbons (Fsp3) is 0. The summed E-state index contributed by atoms with van der Waals surface area (Å²) >= 11 is 3.60. The number of nitrogens with zero attached hydrogens (tertiary/aromatic N) is 3. The Labute approximate surface area is 235 Å². The minimum absolute atomic E-state index is 0.475. The molecule has 2 aliphatic rings. The molecule has 0 aliphatic carbocycles. The van der Waals surface area contributed by atoms with Gasteiger partial charge in [-0.1, -0.05) is 46.3 Å². The van der Waals surface area contributed by atoms with E-state index in [-0.39, 0.29) is 0 Å². The van der Waals surface area contributed by atoms with Crippen molar-refractivity contribution in [3.63, 3.8) is 0 Å². The molecule has 7 aromatic rings. The maximum Gasteiger partial charge on any atom is 0.231 e. The average molecular weight is 586 g/mol. The molecule has 8 heteroatoms. The maximum atomic E-state index is 6.61. The Hall–Kier alpha value is -5.08. The molecule has 7 nitrogen and oxygen atoms in total. The van der Waals surface area contributed by atoms with E-state index in [1.165, 1.54) is 0 Å². The van der Waals surface area contributed by atoms with Gasteiger partial charge in [-0.3, -0.25) is 4.90 Å². The molecular formula is C32H16BrN3O4.